The molecule has 10 nitrogen and oxygen atoms in total. The minimum atomic E-state index is -3.15. The fourth-order valence-electron chi connectivity index (χ4n) is 5.90. The summed E-state index contributed by atoms with van der Waals surface area (Å²) in [6, 6.07) is 4.01. The topological polar surface area (TPSA) is 117 Å². The molecular formula is C30H45FN6O4S. The van der Waals surface area contributed by atoms with E-state index in [4.69, 9.17) is 4.74 Å². The zero-order valence-corrected chi connectivity index (χ0v) is 26.0. The summed E-state index contributed by atoms with van der Waals surface area (Å²) in [5.74, 6) is 1.67. The van der Waals surface area contributed by atoms with Gasteiger partial charge in [-0.2, -0.15) is 0 Å². The lowest BCUT2D eigenvalue weighted by molar-refractivity contribution is 0.0713. The quantitative estimate of drug-likeness (QED) is 0.350. The number of hydrogen-bond donors (Lipinski definition) is 2. The monoisotopic (exact) mass is 604 g/mol. The van der Waals surface area contributed by atoms with Gasteiger partial charge in [-0.1, -0.05) is 0 Å². The summed E-state index contributed by atoms with van der Waals surface area (Å²) in [4.78, 5) is 25.8. The van der Waals surface area contributed by atoms with Crippen molar-refractivity contribution < 1.29 is 22.3 Å². The van der Waals surface area contributed by atoms with Crippen molar-refractivity contribution in [3.05, 3.63) is 42.1 Å². The van der Waals surface area contributed by atoms with Crippen LogP contribution in [0, 0.1) is 17.7 Å². The third-order valence-corrected chi connectivity index (χ3v) is 9.75. The molecule has 1 aliphatic heterocycles. The molecule has 12 heteroatoms. The van der Waals surface area contributed by atoms with Crippen LogP contribution in [0.3, 0.4) is 0 Å². The van der Waals surface area contributed by atoms with Crippen LogP contribution in [0.25, 0.3) is 0 Å². The molecule has 0 unspecified atom stereocenters. The Morgan fingerprint density at radius 3 is 2.55 bits per heavy atom. The highest BCUT2D eigenvalue weighted by Gasteiger charge is 2.29. The average molecular weight is 605 g/mol. The van der Waals surface area contributed by atoms with Gasteiger partial charge >= 0.3 is 0 Å². The van der Waals surface area contributed by atoms with Gasteiger partial charge in [-0.05, 0) is 103 Å². The Hall–Kier alpha value is -2.83. The molecule has 1 atom stereocenters. The predicted molar refractivity (Wildman–Crippen MR) is 162 cm³/mol. The van der Waals surface area contributed by atoms with Gasteiger partial charge in [0.05, 0.1) is 17.5 Å². The van der Waals surface area contributed by atoms with Gasteiger partial charge in [-0.25, -0.2) is 27.5 Å². The van der Waals surface area contributed by atoms with Gasteiger partial charge in [0.1, 0.15) is 17.9 Å². The van der Waals surface area contributed by atoms with Crippen molar-refractivity contribution in [2.75, 3.05) is 43.4 Å². The van der Waals surface area contributed by atoms with Crippen molar-refractivity contribution in [2.45, 2.75) is 71.9 Å². The first kappa shape index (κ1) is 32.1. The number of sulfonamides is 1. The number of carbonyl (C=O) groups is 1. The van der Waals surface area contributed by atoms with E-state index in [2.05, 4.69) is 24.9 Å². The molecule has 1 saturated carbocycles. The number of benzene rings is 1. The summed E-state index contributed by atoms with van der Waals surface area (Å²) >= 11 is 0. The maximum Gasteiger partial charge on any atom is 0.257 e. The lowest BCUT2D eigenvalue weighted by Crippen LogP contribution is -2.40. The van der Waals surface area contributed by atoms with E-state index >= 15 is 0 Å². The molecule has 1 aliphatic carbocycles. The fraction of sp³-hybridized carbons (Fsp3) is 0.633. The van der Waals surface area contributed by atoms with Gasteiger partial charge in [0.2, 0.25) is 10.0 Å². The molecule has 0 spiro atoms. The number of hydrogen-bond acceptors (Lipinski definition) is 8. The normalized spacial score (nSPS) is 21.1. The Morgan fingerprint density at radius 2 is 1.86 bits per heavy atom. The van der Waals surface area contributed by atoms with Crippen molar-refractivity contribution in [1.82, 2.24) is 24.9 Å². The first-order chi connectivity index (χ1) is 20.1. The number of ether oxygens (including phenoxy) is 1. The number of rotatable bonds is 13. The van der Waals surface area contributed by atoms with Gasteiger partial charge < -0.3 is 19.9 Å². The first-order valence-electron chi connectivity index (χ1n) is 15.1. The van der Waals surface area contributed by atoms with E-state index in [-0.39, 0.29) is 35.1 Å². The van der Waals surface area contributed by atoms with Crippen molar-refractivity contribution in [3.63, 3.8) is 0 Å². The van der Waals surface area contributed by atoms with E-state index in [9.17, 15) is 17.6 Å². The number of amides is 1. The van der Waals surface area contributed by atoms with E-state index in [0.717, 1.165) is 58.3 Å². The van der Waals surface area contributed by atoms with Gasteiger partial charge in [0.25, 0.3) is 5.91 Å². The van der Waals surface area contributed by atoms with Crippen LogP contribution in [0.4, 0.5) is 10.2 Å². The minimum absolute atomic E-state index is 0.0407. The summed E-state index contributed by atoms with van der Waals surface area (Å²) in [6.07, 6.45) is 7.87. The van der Waals surface area contributed by atoms with Crippen molar-refractivity contribution in [3.8, 4) is 11.5 Å². The standard InChI is InChI=1S/C30H45FN6O4S/c1-5-37(21(3)4)30(38)26-15-24(31)9-12-27(26)41-28-18-33-20-34-29(28)36-14-13-23(19-36)17-32-16-22-7-10-25(11-8-22)35-42(39,40)6-2/h9,12,15,18,20-23,25,32,35H,5-8,10-11,13-14,16-17,19H2,1-4H3/t22?,23-,25?/m0/s1. The largest absolute Gasteiger partial charge is 0.451 e. The third-order valence-electron chi connectivity index (χ3n) is 8.30. The smallest absolute Gasteiger partial charge is 0.257 e. The number of halogens is 1. The van der Waals surface area contributed by atoms with Crippen molar-refractivity contribution >= 4 is 21.7 Å². The predicted octanol–water partition coefficient (Wildman–Crippen LogP) is 4.19. The van der Waals surface area contributed by atoms with Crippen LogP contribution in [0.2, 0.25) is 0 Å². The molecule has 0 radical (unpaired) electrons. The summed E-state index contributed by atoms with van der Waals surface area (Å²) < 4.78 is 46.9. The second-order valence-electron chi connectivity index (χ2n) is 11.6. The Morgan fingerprint density at radius 1 is 1.12 bits per heavy atom. The van der Waals surface area contributed by atoms with Crippen LogP contribution in [0.15, 0.2) is 30.7 Å². The molecule has 2 N–H and O–H groups in total. The number of carbonyl (C=O) groups excluding carboxylic acids is 1. The van der Waals surface area contributed by atoms with Gasteiger partial charge in [0.15, 0.2) is 11.6 Å². The third kappa shape index (κ3) is 8.38. The highest BCUT2D eigenvalue weighted by atomic mass is 32.2. The number of aromatic nitrogens is 2. The molecular weight excluding hydrogens is 559 g/mol. The minimum Gasteiger partial charge on any atom is -0.451 e. The summed E-state index contributed by atoms with van der Waals surface area (Å²) in [7, 11) is -3.15. The van der Waals surface area contributed by atoms with Crippen LogP contribution in [0.1, 0.15) is 70.2 Å². The lowest BCUT2D eigenvalue weighted by Gasteiger charge is -2.29. The van der Waals surface area contributed by atoms with Crippen LogP contribution >= 0.6 is 0 Å². The fourth-order valence-corrected chi connectivity index (χ4v) is 6.81. The zero-order chi connectivity index (χ0) is 30.3. The van der Waals surface area contributed by atoms with Gasteiger partial charge in [-0.3, -0.25) is 4.79 Å². The maximum absolute atomic E-state index is 14.2. The number of nitrogens with one attached hydrogen (secondary N) is 2. The van der Waals surface area contributed by atoms with Crippen LogP contribution in [-0.2, 0) is 10.0 Å². The summed E-state index contributed by atoms with van der Waals surface area (Å²) in [5.41, 5.74) is 0.167. The molecule has 4 rings (SSSR count). The molecule has 1 aromatic carbocycles. The molecule has 232 valence electrons. The van der Waals surface area contributed by atoms with E-state index in [1.807, 2.05) is 20.8 Å². The molecule has 2 aliphatic rings. The van der Waals surface area contributed by atoms with Crippen molar-refractivity contribution in [2.24, 2.45) is 11.8 Å². The van der Waals surface area contributed by atoms with E-state index < -0.39 is 15.8 Å². The molecule has 2 aromatic rings. The molecule has 1 saturated heterocycles. The molecule has 2 heterocycles. The zero-order valence-electron chi connectivity index (χ0n) is 25.2. The maximum atomic E-state index is 14.2. The molecule has 0 bridgehead atoms. The summed E-state index contributed by atoms with van der Waals surface area (Å²) in [5, 5.41) is 3.64. The van der Waals surface area contributed by atoms with E-state index in [1.54, 1.807) is 18.0 Å². The van der Waals surface area contributed by atoms with Crippen molar-refractivity contribution in [1.29, 1.82) is 0 Å². The van der Waals surface area contributed by atoms with Crippen LogP contribution in [-0.4, -0.2) is 79.8 Å². The first-order valence-corrected chi connectivity index (χ1v) is 16.8. The lowest BCUT2D eigenvalue weighted by atomic mass is 9.86. The Kier molecular flexibility index (Phi) is 11.1. The summed E-state index contributed by atoms with van der Waals surface area (Å²) in [6.45, 7) is 11.3. The van der Waals surface area contributed by atoms with Crippen LogP contribution < -0.4 is 19.7 Å². The Bertz CT molecular complexity index is 1300. The van der Waals surface area contributed by atoms with Crippen LogP contribution in [0.5, 0.6) is 11.5 Å². The highest BCUT2D eigenvalue weighted by Crippen LogP contribution is 2.35. The van der Waals surface area contributed by atoms with E-state index in [0.29, 0.717) is 29.9 Å². The Balaban J connectivity index is 1.33. The Labute approximate surface area is 249 Å². The van der Waals surface area contributed by atoms with E-state index in [1.165, 1.54) is 24.5 Å². The van der Waals surface area contributed by atoms with Gasteiger partial charge in [0, 0.05) is 31.7 Å². The number of anilines is 1. The molecule has 1 aromatic heterocycles. The van der Waals surface area contributed by atoms with Gasteiger partial charge in [-0.15, -0.1) is 0 Å². The molecule has 2 fully saturated rings. The second-order valence-corrected chi connectivity index (χ2v) is 13.7. The number of nitrogens with zero attached hydrogens (tertiary/aromatic N) is 4. The highest BCUT2D eigenvalue weighted by molar-refractivity contribution is 7.89. The average Bonchev–Trinajstić information content (AvgIpc) is 3.44. The second kappa shape index (κ2) is 14.6. The molecule has 1 amide bonds. The SMILES string of the molecule is CCN(C(=O)c1cc(F)ccc1Oc1cncnc1N1CC[C@@H](CNCC2CCC(NS(=O)(=O)CC)CC2)C1)C(C)C. The molecule has 42 heavy (non-hydrogen) atoms.